The third kappa shape index (κ3) is 5.26. The molecule has 0 saturated heterocycles. The summed E-state index contributed by atoms with van der Waals surface area (Å²) in [7, 11) is 0. The molecule has 0 unspecified atom stereocenters. The van der Waals surface area contributed by atoms with Crippen molar-refractivity contribution >= 4 is 28.9 Å². The number of rotatable bonds is 7. The van der Waals surface area contributed by atoms with E-state index in [4.69, 9.17) is 23.7 Å². The number of hydrogen-bond donors (Lipinski definition) is 3. The maximum atomic E-state index is 10.5. The van der Waals surface area contributed by atoms with Crippen molar-refractivity contribution in [1.29, 1.82) is 0 Å². The molecule has 6 heteroatoms. The molecule has 1 amide bonds. The lowest BCUT2D eigenvalue weighted by Gasteiger charge is -2.06. The number of nitrogens with one attached hydrogen (secondary N) is 1. The van der Waals surface area contributed by atoms with Crippen LogP contribution in [0.2, 0.25) is 0 Å². The highest BCUT2D eigenvalue weighted by Crippen LogP contribution is 2.05. The summed E-state index contributed by atoms with van der Waals surface area (Å²) in [4.78, 5) is 15.0. The number of amides is 1. The molecule has 0 fully saturated rings. The van der Waals surface area contributed by atoms with Crippen molar-refractivity contribution in [3.05, 3.63) is 23.9 Å². The summed E-state index contributed by atoms with van der Waals surface area (Å²) in [5.74, 6) is 0.466. The molecule has 0 aliphatic carbocycles. The average Bonchev–Trinajstić information content (AvgIpc) is 2.28. The first-order chi connectivity index (χ1) is 8.09. The summed E-state index contributed by atoms with van der Waals surface area (Å²) in [5, 5.41) is 3.14. The van der Waals surface area contributed by atoms with Gasteiger partial charge in [-0.25, -0.2) is 4.98 Å². The van der Waals surface area contributed by atoms with E-state index in [1.807, 2.05) is 12.1 Å². The second-order valence-electron chi connectivity index (χ2n) is 3.62. The van der Waals surface area contributed by atoms with Crippen molar-refractivity contribution in [3.8, 4) is 0 Å². The summed E-state index contributed by atoms with van der Waals surface area (Å²) in [6.45, 7) is 0.737. The Morgan fingerprint density at radius 1 is 1.35 bits per heavy atom. The minimum Gasteiger partial charge on any atom is -0.388 e. The number of nitrogens with two attached hydrogens (primary N) is 2. The zero-order chi connectivity index (χ0) is 12.7. The fourth-order valence-electron chi connectivity index (χ4n) is 1.31. The normalized spacial score (nSPS) is 9.88. The third-order valence-corrected chi connectivity index (χ3v) is 2.37. The highest BCUT2D eigenvalue weighted by molar-refractivity contribution is 7.80. The summed E-state index contributed by atoms with van der Waals surface area (Å²) < 4.78 is 0. The Labute approximate surface area is 106 Å². The number of nitrogens with zero attached hydrogens (tertiary/aromatic N) is 1. The first kappa shape index (κ1) is 13.4. The van der Waals surface area contributed by atoms with E-state index in [2.05, 4.69) is 10.3 Å². The largest absolute Gasteiger partial charge is 0.388 e. The molecule has 1 aromatic rings. The van der Waals surface area contributed by atoms with E-state index in [0.717, 1.165) is 25.2 Å². The topological polar surface area (TPSA) is 94.0 Å². The molecule has 1 rings (SSSR count). The lowest BCUT2D eigenvalue weighted by atomic mass is 10.2. The van der Waals surface area contributed by atoms with Gasteiger partial charge in [0.1, 0.15) is 10.8 Å². The molecule has 0 aromatic carbocycles. The molecule has 5 N–H and O–H groups in total. The molecule has 17 heavy (non-hydrogen) atoms. The molecule has 0 spiro atoms. The average molecular weight is 252 g/mol. The predicted octanol–water partition coefficient (Wildman–Crippen LogP) is 0.783. The van der Waals surface area contributed by atoms with Gasteiger partial charge in [0.05, 0.1) is 5.69 Å². The molecule has 0 atom stereocenters. The number of pyridine rings is 1. The molecule has 0 aliphatic heterocycles. The van der Waals surface area contributed by atoms with Crippen LogP contribution in [0, 0.1) is 0 Å². The van der Waals surface area contributed by atoms with Crippen LogP contribution in [0.3, 0.4) is 0 Å². The molecule has 5 nitrogen and oxygen atoms in total. The Bertz CT molecular complexity index is 408. The molecule has 92 valence electrons. The Morgan fingerprint density at radius 2 is 2.12 bits per heavy atom. The number of anilines is 1. The monoisotopic (exact) mass is 252 g/mol. The Balaban J connectivity index is 2.34. The van der Waals surface area contributed by atoms with Crippen molar-refractivity contribution in [3.63, 3.8) is 0 Å². The van der Waals surface area contributed by atoms with Gasteiger partial charge in [0, 0.05) is 13.0 Å². The Morgan fingerprint density at radius 3 is 2.76 bits per heavy atom. The molecule has 1 aromatic heterocycles. The van der Waals surface area contributed by atoms with E-state index in [1.165, 1.54) is 0 Å². The predicted molar refractivity (Wildman–Crippen MR) is 71.7 cm³/mol. The number of carbonyl (C=O) groups is 1. The summed E-state index contributed by atoms with van der Waals surface area (Å²) in [6, 6.07) is 5.45. The minimum atomic E-state index is -0.265. The lowest BCUT2D eigenvalue weighted by molar-refractivity contribution is -0.118. The van der Waals surface area contributed by atoms with E-state index in [1.54, 1.807) is 6.07 Å². The molecule has 0 aliphatic rings. The van der Waals surface area contributed by atoms with Gasteiger partial charge < -0.3 is 16.8 Å². The number of aromatic nitrogens is 1. The number of hydrogen-bond acceptors (Lipinski definition) is 4. The van der Waals surface area contributed by atoms with Crippen molar-refractivity contribution in [2.45, 2.75) is 19.3 Å². The van der Waals surface area contributed by atoms with Crippen LogP contribution in [-0.2, 0) is 4.79 Å². The van der Waals surface area contributed by atoms with Gasteiger partial charge in [0.25, 0.3) is 0 Å². The van der Waals surface area contributed by atoms with Crippen LogP contribution in [0.5, 0.6) is 0 Å². The van der Waals surface area contributed by atoms with Gasteiger partial charge in [-0.05, 0) is 25.0 Å². The fraction of sp³-hybridized carbons (Fsp3) is 0.364. The second-order valence-corrected chi connectivity index (χ2v) is 4.06. The van der Waals surface area contributed by atoms with Crippen LogP contribution in [0.1, 0.15) is 25.0 Å². The molecule has 0 saturated carbocycles. The van der Waals surface area contributed by atoms with Crippen LogP contribution >= 0.6 is 12.2 Å². The van der Waals surface area contributed by atoms with Gasteiger partial charge in [-0.15, -0.1) is 0 Å². The van der Waals surface area contributed by atoms with E-state index < -0.39 is 0 Å². The quantitative estimate of drug-likeness (QED) is 0.492. The lowest BCUT2D eigenvalue weighted by Crippen LogP contribution is -2.13. The highest BCUT2D eigenvalue weighted by Gasteiger charge is 1.99. The Hall–Kier alpha value is -1.69. The minimum absolute atomic E-state index is 0.265. The number of primary amides is 1. The second kappa shape index (κ2) is 6.80. The van der Waals surface area contributed by atoms with E-state index in [-0.39, 0.29) is 10.9 Å². The van der Waals surface area contributed by atoms with Gasteiger partial charge in [-0.2, -0.15) is 0 Å². The van der Waals surface area contributed by atoms with Crippen molar-refractivity contribution in [1.82, 2.24) is 4.98 Å². The molecule has 0 bridgehead atoms. The van der Waals surface area contributed by atoms with Crippen LogP contribution < -0.4 is 16.8 Å². The maximum absolute atomic E-state index is 10.5. The van der Waals surface area contributed by atoms with Crippen LogP contribution in [-0.4, -0.2) is 22.4 Å². The zero-order valence-electron chi connectivity index (χ0n) is 9.48. The number of carbonyl (C=O) groups excluding carboxylic acids is 1. The standard InChI is InChI=1S/C11H16N4OS/c12-9(16)5-1-2-7-14-10-6-3-4-8(15-10)11(13)17/h3-4,6H,1-2,5,7H2,(H2,12,16)(H2,13,17)(H,14,15). The van der Waals surface area contributed by atoms with Crippen molar-refractivity contribution in [2.75, 3.05) is 11.9 Å². The fourth-order valence-corrected chi connectivity index (χ4v) is 1.42. The number of thiocarbonyl (C=S) groups is 1. The molecular formula is C11H16N4OS. The number of unbranched alkanes of at least 4 members (excludes halogenated alkanes) is 1. The summed E-state index contributed by atoms with van der Waals surface area (Å²) in [5.41, 5.74) is 11.1. The smallest absolute Gasteiger partial charge is 0.217 e. The maximum Gasteiger partial charge on any atom is 0.217 e. The van der Waals surface area contributed by atoms with Gasteiger partial charge >= 0.3 is 0 Å². The van der Waals surface area contributed by atoms with E-state index in [9.17, 15) is 4.79 Å². The van der Waals surface area contributed by atoms with Crippen LogP contribution in [0.25, 0.3) is 0 Å². The van der Waals surface area contributed by atoms with E-state index >= 15 is 0 Å². The Kier molecular flexibility index (Phi) is 5.35. The van der Waals surface area contributed by atoms with Crippen LogP contribution in [0.15, 0.2) is 18.2 Å². The summed E-state index contributed by atoms with van der Waals surface area (Å²) >= 11 is 4.84. The van der Waals surface area contributed by atoms with Gasteiger partial charge in [0.2, 0.25) is 5.91 Å². The van der Waals surface area contributed by atoms with Crippen molar-refractivity contribution < 1.29 is 4.79 Å². The van der Waals surface area contributed by atoms with Gasteiger partial charge in [-0.1, -0.05) is 18.3 Å². The van der Waals surface area contributed by atoms with Crippen molar-refractivity contribution in [2.24, 2.45) is 11.5 Å². The first-order valence-electron chi connectivity index (χ1n) is 5.38. The van der Waals surface area contributed by atoms with Gasteiger partial charge in [-0.3, -0.25) is 4.79 Å². The van der Waals surface area contributed by atoms with E-state index in [0.29, 0.717) is 12.1 Å². The highest BCUT2D eigenvalue weighted by atomic mass is 32.1. The molecular weight excluding hydrogens is 236 g/mol. The zero-order valence-corrected chi connectivity index (χ0v) is 10.3. The molecule has 1 heterocycles. The third-order valence-electron chi connectivity index (χ3n) is 2.16. The SMILES string of the molecule is NC(=O)CCCCNc1cccc(C(N)=S)n1. The molecule has 0 radical (unpaired) electrons. The van der Waals surface area contributed by atoms with Gasteiger partial charge in [0.15, 0.2) is 0 Å². The summed E-state index contributed by atoms with van der Waals surface area (Å²) in [6.07, 6.45) is 2.06. The first-order valence-corrected chi connectivity index (χ1v) is 5.79. The van der Waals surface area contributed by atoms with Crippen LogP contribution in [0.4, 0.5) is 5.82 Å².